The fourth-order valence-corrected chi connectivity index (χ4v) is 2.35. The van der Waals surface area contributed by atoms with Crippen LogP contribution in [0.5, 0.6) is 0 Å². The van der Waals surface area contributed by atoms with Crippen molar-refractivity contribution in [3.8, 4) is 0 Å². The first-order chi connectivity index (χ1) is 9.08. The number of hydrogen-bond donors (Lipinski definition) is 2. The van der Waals surface area contributed by atoms with Crippen molar-refractivity contribution < 1.29 is 4.79 Å². The van der Waals surface area contributed by atoms with Gasteiger partial charge in [0.25, 0.3) is 5.91 Å². The van der Waals surface area contributed by atoms with Gasteiger partial charge in [0.15, 0.2) is 0 Å². The predicted octanol–water partition coefficient (Wildman–Crippen LogP) is 3.90. The Hall–Kier alpha value is -1.65. The molecule has 0 spiro atoms. The first-order valence-corrected chi connectivity index (χ1v) is 7.20. The first kappa shape index (κ1) is 13.8. The summed E-state index contributed by atoms with van der Waals surface area (Å²) in [6.45, 7) is 0. The van der Waals surface area contributed by atoms with E-state index in [-0.39, 0.29) is 5.91 Å². The summed E-state index contributed by atoms with van der Waals surface area (Å²) in [5.41, 5.74) is 7.33. The van der Waals surface area contributed by atoms with Crippen molar-refractivity contribution in [2.75, 3.05) is 17.3 Å². The summed E-state index contributed by atoms with van der Waals surface area (Å²) >= 11 is 7.50. The van der Waals surface area contributed by atoms with Gasteiger partial charge in [-0.2, -0.15) is 0 Å². The lowest BCUT2D eigenvalue weighted by atomic mass is 10.2. The molecule has 2 aromatic carbocycles. The van der Waals surface area contributed by atoms with Gasteiger partial charge in [0.1, 0.15) is 0 Å². The van der Waals surface area contributed by atoms with Crippen LogP contribution in [0.1, 0.15) is 10.4 Å². The number of rotatable bonds is 3. The third-order valence-electron chi connectivity index (χ3n) is 2.51. The highest BCUT2D eigenvalue weighted by molar-refractivity contribution is 7.98. The number of nitrogen functional groups attached to an aromatic ring is 1. The second kappa shape index (κ2) is 5.99. The van der Waals surface area contributed by atoms with Gasteiger partial charge in [-0.25, -0.2) is 0 Å². The number of carbonyl (C=O) groups excluding carboxylic acids is 1. The Morgan fingerprint density at radius 2 is 2.05 bits per heavy atom. The van der Waals surface area contributed by atoms with Crippen LogP contribution in [0.3, 0.4) is 0 Å². The number of benzene rings is 2. The summed E-state index contributed by atoms with van der Waals surface area (Å²) in [6.07, 6.45) is 1.98. The molecule has 0 saturated carbocycles. The summed E-state index contributed by atoms with van der Waals surface area (Å²) in [7, 11) is 0. The summed E-state index contributed by atoms with van der Waals surface area (Å²) in [4.78, 5) is 13.2. The summed E-state index contributed by atoms with van der Waals surface area (Å²) < 4.78 is 0. The topological polar surface area (TPSA) is 55.1 Å². The summed E-state index contributed by atoms with van der Waals surface area (Å²) in [5.74, 6) is -0.229. The number of thioether (sulfide) groups is 1. The van der Waals surface area contributed by atoms with E-state index >= 15 is 0 Å². The third kappa shape index (κ3) is 3.66. The lowest BCUT2D eigenvalue weighted by Gasteiger charge is -2.07. The molecule has 0 bridgehead atoms. The number of nitrogens with two attached hydrogens (primary N) is 1. The SMILES string of the molecule is CSc1cccc(NC(=O)c2cc(N)cc(Cl)c2)c1. The maximum Gasteiger partial charge on any atom is 0.255 e. The predicted molar refractivity (Wildman–Crippen MR) is 82.0 cm³/mol. The van der Waals surface area contributed by atoms with Crippen molar-refractivity contribution in [1.29, 1.82) is 0 Å². The second-order valence-corrected chi connectivity index (χ2v) is 5.28. The average molecular weight is 293 g/mol. The monoisotopic (exact) mass is 292 g/mol. The number of amides is 1. The van der Waals surface area contributed by atoms with Gasteiger partial charge in [0.05, 0.1) is 0 Å². The van der Waals surface area contributed by atoms with Gasteiger partial charge < -0.3 is 11.1 Å². The van der Waals surface area contributed by atoms with Gasteiger partial charge in [-0.15, -0.1) is 11.8 Å². The molecule has 0 fully saturated rings. The fourth-order valence-electron chi connectivity index (χ4n) is 1.65. The van der Waals surface area contributed by atoms with E-state index in [1.54, 1.807) is 30.0 Å². The quantitative estimate of drug-likeness (QED) is 0.666. The normalized spacial score (nSPS) is 10.2. The molecule has 98 valence electrons. The van der Waals surface area contributed by atoms with Crippen LogP contribution in [0.15, 0.2) is 47.4 Å². The minimum atomic E-state index is -0.229. The van der Waals surface area contributed by atoms with Crippen LogP contribution in [0, 0.1) is 0 Å². The molecule has 0 atom stereocenters. The van der Waals surface area contributed by atoms with E-state index in [4.69, 9.17) is 17.3 Å². The van der Waals surface area contributed by atoms with E-state index < -0.39 is 0 Å². The molecule has 0 aromatic heterocycles. The fraction of sp³-hybridized carbons (Fsp3) is 0.0714. The van der Waals surface area contributed by atoms with Crippen molar-refractivity contribution in [2.45, 2.75) is 4.90 Å². The van der Waals surface area contributed by atoms with Crippen molar-refractivity contribution in [2.24, 2.45) is 0 Å². The number of hydrogen-bond acceptors (Lipinski definition) is 3. The Labute approximate surface area is 121 Å². The smallest absolute Gasteiger partial charge is 0.255 e. The number of carbonyl (C=O) groups is 1. The molecule has 1 amide bonds. The van der Waals surface area contributed by atoms with Crippen molar-refractivity contribution in [3.63, 3.8) is 0 Å². The molecule has 2 aromatic rings. The Balaban J connectivity index is 2.20. The largest absolute Gasteiger partial charge is 0.399 e. The van der Waals surface area contributed by atoms with E-state index in [0.717, 1.165) is 10.6 Å². The third-order valence-corrected chi connectivity index (χ3v) is 3.45. The number of halogens is 1. The molecule has 2 rings (SSSR count). The Bertz CT molecular complexity index is 596. The molecule has 5 heteroatoms. The van der Waals surface area contributed by atoms with Crippen LogP contribution < -0.4 is 11.1 Å². The average Bonchev–Trinajstić information content (AvgIpc) is 2.37. The minimum absolute atomic E-state index is 0.229. The highest BCUT2D eigenvalue weighted by Gasteiger charge is 2.08. The lowest BCUT2D eigenvalue weighted by molar-refractivity contribution is 0.102. The second-order valence-electron chi connectivity index (χ2n) is 3.96. The van der Waals surface area contributed by atoms with Crippen molar-refractivity contribution in [1.82, 2.24) is 0 Å². The molecule has 0 aliphatic heterocycles. The van der Waals surface area contributed by atoms with Gasteiger partial charge >= 0.3 is 0 Å². The maximum atomic E-state index is 12.1. The van der Waals surface area contributed by atoms with Gasteiger partial charge in [-0.05, 0) is 42.7 Å². The molecule has 0 aliphatic rings. The first-order valence-electron chi connectivity index (χ1n) is 5.60. The van der Waals surface area contributed by atoms with E-state index in [9.17, 15) is 4.79 Å². The van der Waals surface area contributed by atoms with Crippen LogP contribution in [0.4, 0.5) is 11.4 Å². The van der Waals surface area contributed by atoms with E-state index in [1.165, 1.54) is 0 Å². The molecule has 0 unspecified atom stereocenters. The maximum absolute atomic E-state index is 12.1. The summed E-state index contributed by atoms with van der Waals surface area (Å²) in [5, 5.41) is 3.27. The molecule has 3 N–H and O–H groups in total. The molecule has 0 radical (unpaired) electrons. The molecule has 3 nitrogen and oxygen atoms in total. The van der Waals surface area contributed by atoms with Crippen LogP contribution in [0.25, 0.3) is 0 Å². The minimum Gasteiger partial charge on any atom is -0.399 e. The molecular weight excluding hydrogens is 280 g/mol. The van der Waals surface area contributed by atoms with E-state index in [1.807, 2.05) is 30.5 Å². The van der Waals surface area contributed by atoms with E-state index in [2.05, 4.69) is 5.32 Å². The van der Waals surface area contributed by atoms with Crippen molar-refractivity contribution in [3.05, 3.63) is 53.1 Å². The molecule has 0 heterocycles. The van der Waals surface area contributed by atoms with E-state index in [0.29, 0.717) is 16.3 Å². The Morgan fingerprint density at radius 1 is 1.26 bits per heavy atom. The molecule has 0 saturated heterocycles. The van der Waals surface area contributed by atoms with Gasteiger partial charge in [-0.1, -0.05) is 17.7 Å². The molecule has 19 heavy (non-hydrogen) atoms. The number of anilines is 2. The highest BCUT2D eigenvalue weighted by Crippen LogP contribution is 2.21. The van der Waals surface area contributed by atoms with Crippen LogP contribution >= 0.6 is 23.4 Å². The van der Waals surface area contributed by atoms with Gasteiger partial charge in [0.2, 0.25) is 0 Å². The Morgan fingerprint density at radius 3 is 2.74 bits per heavy atom. The standard InChI is InChI=1S/C14H13ClN2OS/c1-19-13-4-2-3-12(8-13)17-14(18)9-5-10(15)7-11(16)6-9/h2-8H,16H2,1H3,(H,17,18). The lowest BCUT2D eigenvalue weighted by Crippen LogP contribution is -2.12. The van der Waals surface area contributed by atoms with Crippen LogP contribution in [-0.2, 0) is 0 Å². The van der Waals surface area contributed by atoms with Crippen LogP contribution in [-0.4, -0.2) is 12.2 Å². The highest BCUT2D eigenvalue weighted by atomic mass is 35.5. The summed E-state index contributed by atoms with van der Waals surface area (Å²) in [6, 6.07) is 12.4. The zero-order valence-electron chi connectivity index (χ0n) is 10.3. The van der Waals surface area contributed by atoms with Crippen LogP contribution in [0.2, 0.25) is 5.02 Å². The van der Waals surface area contributed by atoms with Gasteiger partial charge in [0, 0.05) is 26.9 Å². The Kier molecular flexibility index (Phi) is 4.35. The van der Waals surface area contributed by atoms with Crippen molar-refractivity contribution >= 4 is 40.6 Å². The van der Waals surface area contributed by atoms with Gasteiger partial charge in [-0.3, -0.25) is 4.79 Å². The zero-order chi connectivity index (χ0) is 13.8. The molecule has 0 aliphatic carbocycles. The number of nitrogens with one attached hydrogen (secondary N) is 1. The molecular formula is C14H13ClN2OS. The zero-order valence-corrected chi connectivity index (χ0v) is 11.9.